The normalized spacial score (nSPS) is 14.3. The fourth-order valence-electron chi connectivity index (χ4n) is 3.29. The van der Waals surface area contributed by atoms with Gasteiger partial charge < -0.3 is 25.0 Å². The van der Waals surface area contributed by atoms with E-state index in [1.54, 1.807) is 38.4 Å². The number of nitrogens with zero attached hydrogens (tertiary/aromatic N) is 1. The molecule has 164 valence electrons. The maximum absolute atomic E-state index is 12.7. The Morgan fingerprint density at radius 3 is 2.74 bits per heavy atom. The number of ether oxygens (including phenoxy) is 2. The van der Waals surface area contributed by atoms with Crippen molar-refractivity contribution in [2.45, 2.75) is 18.9 Å². The average molecular weight is 425 g/mol. The first-order valence-corrected chi connectivity index (χ1v) is 10.1. The summed E-state index contributed by atoms with van der Waals surface area (Å²) in [6.45, 7) is 0.992. The van der Waals surface area contributed by atoms with Gasteiger partial charge in [-0.2, -0.15) is 0 Å². The van der Waals surface area contributed by atoms with Gasteiger partial charge in [0.15, 0.2) is 6.10 Å². The van der Waals surface area contributed by atoms with Crippen LogP contribution >= 0.6 is 0 Å². The zero-order valence-electron chi connectivity index (χ0n) is 17.7. The highest BCUT2D eigenvalue weighted by Gasteiger charge is 2.29. The average Bonchev–Trinajstić information content (AvgIpc) is 3.21. The molecule has 1 aliphatic rings. The number of fused-ring (bicyclic) bond motifs is 1. The number of methoxy groups -OCH3 is 1. The number of hydrogen-bond acceptors (Lipinski definition) is 5. The lowest BCUT2D eigenvalue weighted by Crippen LogP contribution is -2.38. The Hall–Kier alpha value is -3.39. The number of para-hydroxylation sites is 1. The lowest BCUT2D eigenvalue weighted by Gasteiger charge is -2.18. The third-order valence-corrected chi connectivity index (χ3v) is 4.89. The summed E-state index contributed by atoms with van der Waals surface area (Å²) in [5.41, 5.74) is 1.87. The fraction of sp³-hybridized carbons (Fsp3) is 0.348. The Bertz CT molecular complexity index is 921. The molecule has 0 saturated heterocycles. The van der Waals surface area contributed by atoms with Crippen molar-refractivity contribution >= 4 is 23.4 Å². The summed E-state index contributed by atoms with van der Waals surface area (Å²) < 4.78 is 10.6. The summed E-state index contributed by atoms with van der Waals surface area (Å²) in [6.07, 6.45) is 0.599. The predicted molar refractivity (Wildman–Crippen MR) is 116 cm³/mol. The van der Waals surface area contributed by atoms with E-state index in [4.69, 9.17) is 9.47 Å². The highest BCUT2D eigenvalue weighted by molar-refractivity contribution is 5.99. The zero-order chi connectivity index (χ0) is 22.2. The second-order valence-corrected chi connectivity index (χ2v) is 7.35. The van der Waals surface area contributed by atoms with Crippen LogP contribution in [-0.4, -0.2) is 62.6 Å². The van der Waals surface area contributed by atoms with E-state index in [-0.39, 0.29) is 24.3 Å². The summed E-state index contributed by atoms with van der Waals surface area (Å²) in [5, 5.41) is 5.56. The molecule has 8 heteroatoms. The second kappa shape index (κ2) is 10.6. The summed E-state index contributed by atoms with van der Waals surface area (Å²) in [4.78, 5) is 38.6. The first-order chi connectivity index (χ1) is 15.0. The van der Waals surface area contributed by atoms with Gasteiger partial charge in [-0.1, -0.05) is 24.3 Å². The maximum atomic E-state index is 12.7. The molecule has 2 N–H and O–H groups in total. The molecule has 1 unspecified atom stereocenters. The molecule has 31 heavy (non-hydrogen) atoms. The highest BCUT2D eigenvalue weighted by atomic mass is 16.5. The minimum Gasteiger partial charge on any atom is -0.480 e. The van der Waals surface area contributed by atoms with E-state index in [0.29, 0.717) is 43.0 Å². The Morgan fingerprint density at radius 1 is 1.16 bits per heavy atom. The smallest absolute Gasteiger partial charge is 0.265 e. The van der Waals surface area contributed by atoms with Crippen molar-refractivity contribution in [3.05, 3.63) is 59.7 Å². The van der Waals surface area contributed by atoms with Crippen molar-refractivity contribution in [3.8, 4) is 5.75 Å². The molecule has 3 rings (SSSR count). The summed E-state index contributed by atoms with van der Waals surface area (Å²) in [7, 11) is 3.16. The molecule has 0 aromatic heterocycles. The number of carbonyl (C=O) groups excluding carboxylic acids is 3. The molecule has 1 aliphatic heterocycles. The van der Waals surface area contributed by atoms with Gasteiger partial charge in [0.2, 0.25) is 5.91 Å². The van der Waals surface area contributed by atoms with Gasteiger partial charge in [-0.3, -0.25) is 14.4 Å². The van der Waals surface area contributed by atoms with E-state index in [2.05, 4.69) is 10.6 Å². The van der Waals surface area contributed by atoms with Crippen LogP contribution in [0, 0.1) is 0 Å². The molecule has 3 amide bonds. The molecular formula is C23H27N3O5. The van der Waals surface area contributed by atoms with Gasteiger partial charge in [-0.25, -0.2) is 0 Å². The number of amides is 3. The van der Waals surface area contributed by atoms with Crippen LogP contribution in [0.15, 0.2) is 48.5 Å². The molecule has 1 atom stereocenters. The number of carbonyl (C=O) groups is 3. The van der Waals surface area contributed by atoms with Crippen molar-refractivity contribution in [2.75, 3.05) is 39.2 Å². The van der Waals surface area contributed by atoms with Gasteiger partial charge in [0.05, 0.1) is 6.54 Å². The summed E-state index contributed by atoms with van der Waals surface area (Å²) in [5.74, 6) is -0.111. The molecule has 2 aromatic carbocycles. The van der Waals surface area contributed by atoms with Crippen molar-refractivity contribution in [1.82, 2.24) is 10.2 Å². The van der Waals surface area contributed by atoms with E-state index < -0.39 is 6.10 Å². The minimum atomic E-state index is -0.610. The SMILES string of the molecule is COCCCNC(=O)CN(C)C(=O)c1cccc(NC(=O)C2Cc3ccccc3O2)c1. The van der Waals surface area contributed by atoms with Crippen molar-refractivity contribution < 1.29 is 23.9 Å². The number of rotatable bonds is 9. The van der Waals surface area contributed by atoms with Gasteiger partial charge in [0.25, 0.3) is 11.8 Å². The van der Waals surface area contributed by atoms with Crippen LogP contribution in [-0.2, 0) is 20.7 Å². The Labute approximate surface area is 181 Å². The monoisotopic (exact) mass is 425 g/mol. The number of hydrogen-bond donors (Lipinski definition) is 2. The maximum Gasteiger partial charge on any atom is 0.265 e. The van der Waals surface area contributed by atoms with Crippen LogP contribution in [0.4, 0.5) is 5.69 Å². The van der Waals surface area contributed by atoms with Crippen LogP contribution in [0.3, 0.4) is 0 Å². The third kappa shape index (κ3) is 6.05. The van der Waals surface area contributed by atoms with Crippen LogP contribution in [0.5, 0.6) is 5.75 Å². The summed E-state index contributed by atoms with van der Waals surface area (Å²) >= 11 is 0. The Morgan fingerprint density at radius 2 is 1.97 bits per heavy atom. The van der Waals surface area contributed by atoms with Gasteiger partial charge in [0, 0.05) is 45.0 Å². The number of benzene rings is 2. The number of likely N-dealkylation sites (N-methyl/N-ethyl adjacent to an activating group) is 1. The van der Waals surface area contributed by atoms with Crippen molar-refractivity contribution in [3.63, 3.8) is 0 Å². The van der Waals surface area contributed by atoms with Crippen molar-refractivity contribution in [2.24, 2.45) is 0 Å². The second-order valence-electron chi connectivity index (χ2n) is 7.35. The van der Waals surface area contributed by atoms with Gasteiger partial charge in [-0.05, 0) is 36.2 Å². The van der Waals surface area contributed by atoms with Crippen LogP contribution in [0.25, 0.3) is 0 Å². The van der Waals surface area contributed by atoms with Crippen LogP contribution < -0.4 is 15.4 Å². The van der Waals surface area contributed by atoms with E-state index in [0.717, 1.165) is 5.56 Å². The molecule has 0 aliphatic carbocycles. The van der Waals surface area contributed by atoms with E-state index >= 15 is 0 Å². The first-order valence-electron chi connectivity index (χ1n) is 10.1. The van der Waals surface area contributed by atoms with E-state index in [1.165, 1.54) is 4.90 Å². The Balaban J connectivity index is 1.54. The highest BCUT2D eigenvalue weighted by Crippen LogP contribution is 2.28. The molecule has 0 saturated carbocycles. The molecule has 2 aromatic rings. The lowest BCUT2D eigenvalue weighted by atomic mass is 10.1. The molecule has 0 fully saturated rings. The Kier molecular flexibility index (Phi) is 7.61. The largest absolute Gasteiger partial charge is 0.480 e. The first kappa shape index (κ1) is 22.3. The van der Waals surface area contributed by atoms with Crippen molar-refractivity contribution in [1.29, 1.82) is 0 Å². The zero-order valence-corrected chi connectivity index (χ0v) is 17.7. The van der Waals surface area contributed by atoms with Gasteiger partial charge in [-0.15, -0.1) is 0 Å². The molecule has 8 nitrogen and oxygen atoms in total. The number of nitrogens with one attached hydrogen (secondary N) is 2. The van der Waals surface area contributed by atoms with Gasteiger partial charge in [0.1, 0.15) is 5.75 Å². The van der Waals surface area contributed by atoms with Crippen LogP contribution in [0.2, 0.25) is 0 Å². The predicted octanol–water partition coefficient (Wildman–Crippen LogP) is 1.85. The van der Waals surface area contributed by atoms with E-state index in [1.807, 2.05) is 24.3 Å². The fourth-order valence-corrected chi connectivity index (χ4v) is 3.29. The standard InChI is InChI=1S/C23H27N3O5/c1-26(15-21(27)24-11-6-12-30-2)23(29)17-8-5-9-18(13-17)25-22(28)20-14-16-7-3-4-10-19(16)31-20/h3-5,7-10,13,20H,6,11-12,14-15H2,1-2H3,(H,24,27)(H,25,28). The van der Waals surface area contributed by atoms with Gasteiger partial charge >= 0.3 is 0 Å². The van der Waals surface area contributed by atoms with E-state index in [9.17, 15) is 14.4 Å². The quantitative estimate of drug-likeness (QED) is 0.598. The minimum absolute atomic E-state index is 0.0590. The molecule has 1 heterocycles. The number of anilines is 1. The van der Waals surface area contributed by atoms with Crippen LogP contribution in [0.1, 0.15) is 22.3 Å². The summed E-state index contributed by atoms with van der Waals surface area (Å²) in [6, 6.07) is 14.2. The molecule has 0 bridgehead atoms. The third-order valence-electron chi connectivity index (χ3n) is 4.89. The lowest BCUT2D eigenvalue weighted by molar-refractivity contribution is -0.122. The molecule has 0 spiro atoms. The topological polar surface area (TPSA) is 97.0 Å². The molecule has 0 radical (unpaired) electrons. The molecular weight excluding hydrogens is 398 g/mol.